The Balaban J connectivity index is 0.000000151. The van der Waals surface area contributed by atoms with Gasteiger partial charge in [0.1, 0.15) is 58.3 Å². The Hall–Kier alpha value is -9.24. The first kappa shape index (κ1) is 97.0. The molecule has 0 bridgehead atoms. The number of rotatable bonds is 17. The van der Waals surface area contributed by atoms with E-state index in [1.54, 1.807) is 108 Å². The van der Waals surface area contributed by atoms with Crippen LogP contribution in [0, 0.1) is 95.4 Å². The highest BCUT2D eigenvalue weighted by Gasteiger charge is 2.41. The first-order chi connectivity index (χ1) is 58.5. The number of alkyl halides is 6. The molecular weight excluding hydrogens is 1730 g/mol. The van der Waals surface area contributed by atoms with Crippen molar-refractivity contribution in [3.63, 3.8) is 0 Å². The molecule has 2 aliphatic rings. The number of aryl methyl sites for hydroxylation is 7. The molecule has 16 rings (SSSR count). The van der Waals surface area contributed by atoms with Gasteiger partial charge in [-0.3, -0.25) is 34.9 Å². The molecule has 6 atom stereocenters. The van der Waals surface area contributed by atoms with Crippen LogP contribution >= 0.6 is 79.4 Å². The molecule has 0 radical (unpaired) electrons. The number of hydrogen-bond donors (Lipinski definition) is 0. The Bertz CT molecular complexity index is 5580. The topological polar surface area (TPSA) is 180 Å². The lowest BCUT2D eigenvalue weighted by Gasteiger charge is -2.16. The third-order valence-corrected chi connectivity index (χ3v) is 31.1. The van der Waals surface area contributed by atoms with E-state index in [2.05, 4.69) is 167 Å². The van der Waals surface area contributed by atoms with Crippen molar-refractivity contribution in [3.05, 3.63) is 245 Å². The molecule has 14 nitrogen and oxygen atoms in total. The third kappa shape index (κ3) is 26.4. The molecule has 0 aliphatic heterocycles. The summed E-state index contributed by atoms with van der Waals surface area (Å²) in [5, 5.41) is 5.67. The minimum atomic E-state index is -4.31. The Morgan fingerprint density at radius 1 is 0.298 bits per heavy atom. The number of pyridine rings is 7. The molecule has 124 heavy (non-hydrogen) atoms. The molecule has 2 saturated carbocycles. The zero-order chi connectivity index (χ0) is 90.4. The molecule has 0 aromatic carbocycles. The third-order valence-electron chi connectivity index (χ3n) is 21.1. The maximum atomic E-state index is 13.2. The van der Waals surface area contributed by atoms with Gasteiger partial charge in [-0.05, 0) is 201 Å². The molecule has 0 spiro atoms. The lowest BCUT2D eigenvalue weighted by Crippen LogP contribution is -2.17. The van der Waals surface area contributed by atoms with Crippen LogP contribution < -0.4 is 0 Å². The molecule has 14 aromatic heterocycles. The lowest BCUT2D eigenvalue weighted by molar-refractivity contribution is -0.146. The van der Waals surface area contributed by atoms with Gasteiger partial charge in [-0.15, -0.1) is 79.4 Å². The number of thiazole rings is 7. The van der Waals surface area contributed by atoms with Crippen molar-refractivity contribution >= 4 is 79.4 Å². The minimum absolute atomic E-state index is 0.0702. The van der Waals surface area contributed by atoms with Crippen molar-refractivity contribution in [2.24, 2.45) is 23.7 Å². The first-order valence-corrected chi connectivity index (χ1v) is 46.4. The maximum absolute atomic E-state index is 13.2. The fourth-order valence-electron chi connectivity index (χ4n) is 13.0. The zero-order valence-corrected chi connectivity index (χ0v) is 78.6. The van der Waals surface area contributed by atoms with E-state index in [-0.39, 0.29) is 32.6 Å². The van der Waals surface area contributed by atoms with Crippen molar-refractivity contribution in [1.82, 2.24) is 69.8 Å². The summed E-state index contributed by atoms with van der Waals surface area (Å²) in [5.41, 5.74) is 12.0. The van der Waals surface area contributed by atoms with Crippen LogP contribution in [0.1, 0.15) is 225 Å². The second-order valence-electron chi connectivity index (χ2n) is 32.6. The van der Waals surface area contributed by atoms with E-state index in [0.717, 1.165) is 136 Å². The van der Waals surface area contributed by atoms with E-state index in [1.165, 1.54) is 112 Å². The van der Waals surface area contributed by atoms with Crippen LogP contribution in [0.4, 0.5) is 43.9 Å². The number of hydrogen-bond acceptors (Lipinski definition) is 21. The predicted molar refractivity (Wildman–Crippen MR) is 487 cm³/mol. The largest absolute Gasteiger partial charge is 0.396 e. The molecule has 14 heterocycles. The second-order valence-corrected chi connectivity index (χ2v) is 39.8. The van der Waals surface area contributed by atoms with Crippen LogP contribution in [0.15, 0.2) is 147 Å². The summed E-state index contributed by atoms with van der Waals surface area (Å²) in [4.78, 5) is 65.9. The monoisotopic (exact) mass is 1830 g/mol. The van der Waals surface area contributed by atoms with E-state index < -0.39 is 30.0 Å². The average molecular weight is 1830 g/mol. The van der Waals surface area contributed by atoms with Crippen molar-refractivity contribution in [2.45, 2.75) is 217 Å². The molecular formula is C93H102F10N14S7. The molecule has 31 heteroatoms. The quantitative estimate of drug-likeness (QED) is 0.0786. The molecule has 656 valence electrons. The van der Waals surface area contributed by atoms with E-state index in [9.17, 15) is 43.9 Å². The van der Waals surface area contributed by atoms with Crippen LogP contribution in [0.2, 0.25) is 0 Å². The number of nitrogens with zero attached hydrogens (tertiary/aromatic N) is 14. The lowest BCUT2D eigenvalue weighted by atomic mass is 9.93. The van der Waals surface area contributed by atoms with E-state index in [0.29, 0.717) is 62.5 Å². The summed E-state index contributed by atoms with van der Waals surface area (Å²) < 4.78 is 129. The second kappa shape index (κ2) is 42.8. The van der Waals surface area contributed by atoms with Crippen LogP contribution in [0.25, 0.3) is 74.0 Å². The fraction of sp³-hybridized carbons (Fsp3) is 0.398. The van der Waals surface area contributed by atoms with Gasteiger partial charge < -0.3 is 0 Å². The molecule has 0 amide bonds. The standard InChI is InChI=1S/C14H15FN2S.C14H17FN2S.C14H16N2S.C14H18N2S.C13H15FN2S.C12H10F4N2S.C12H11F3N2S/c1-8(10-3-4-10)13-9(2)17-14(18-13)11-5-12(15)7-16-6-11;1-8(2)9(3)13-10(4)17-14(18-13)11-5-12(15)7-16-6-11;1-9(11-5-6-11)13-10(2)16-14(17-13)12-4-3-7-15-8-12;1-9(2)10(3)13-11(4)16-14(17-13)12-6-5-7-15-8-12;1-8-11(13(2,3)4)17-12(16-8)9-5-10(14)7-15-6-9;1-6(12(14,15)16)10-7(2)18-11(19-10)8-3-9(13)5-17-4-8;1-7(12(13,14)15)10-8(2)17-11(18-10)9-4-3-5-16-6-9/h5-8,10H,3-4H2,1-2H3;5-9H,1-4H3;3-4,7-9,11H,5-6H2,1-2H3;5-10H,1-4H3;5-7H,1-4H3;3-6H,1-2H3;3-7H,1-2H3. The Kier molecular flexibility index (Phi) is 33.5. The van der Waals surface area contributed by atoms with Gasteiger partial charge in [0.2, 0.25) is 0 Å². The van der Waals surface area contributed by atoms with Crippen molar-refractivity contribution < 1.29 is 43.9 Å². The average Bonchev–Trinajstić information content (AvgIpc) is 1.69. The summed E-state index contributed by atoms with van der Waals surface area (Å²) in [7, 11) is 0. The van der Waals surface area contributed by atoms with Crippen molar-refractivity contribution in [3.8, 4) is 74.0 Å². The molecule has 0 saturated heterocycles. The smallest absolute Gasteiger partial charge is 0.264 e. The van der Waals surface area contributed by atoms with Gasteiger partial charge in [-0.1, -0.05) is 76.2 Å². The Morgan fingerprint density at radius 2 is 0.532 bits per heavy atom. The van der Waals surface area contributed by atoms with E-state index in [1.807, 2.05) is 56.6 Å². The van der Waals surface area contributed by atoms with Gasteiger partial charge in [-0.25, -0.2) is 52.4 Å². The van der Waals surface area contributed by atoms with Crippen molar-refractivity contribution in [2.75, 3.05) is 0 Å². The van der Waals surface area contributed by atoms with E-state index >= 15 is 0 Å². The van der Waals surface area contributed by atoms with Crippen molar-refractivity contribution in [1.29, 1.82) is 0 Å². The van der Waals surface area contributed by atoms with Gasteiger partial charge >= 0.3 is 12.4 Å². The Labute approximate surface area is 747 Å². The van der Waals surface area contributed by atoms with Crippen LogP contribution in [-0.4, -0.2) is 82.1 Å². The predicted octanol–water partition coefficient (Wildman–Crippen LogP) is 29.3. The van der Waals surface area contributed by atoms with Gasteiger partial charge in [-0.2, -0.15) is 26.3 Å². The summed E-state index contributed by atoms with van der Waals surface area (Å²) in [6.07, 6.45) is 18.5. The van der Waals surface area contributed by atoms with Crippen LogP contribution in [0.5, 0.6) is 0 Å². The van der Waals surface area contributed by atoms with E-state index in [4.69, 9.17) is 4.98 Å². The van der Waals surface area contributed by atoms with Crippen LogP contribution in [-0.2, 0) is 5.41 Å². The maximum Gasteiger partial charge on any atom is 0.396 e. The van der Waals surface area contributed by atoms with Gasteiger partial charge in [0.25, 0.3) is 0 Å². The molecule has 2 fully saturated rings. The number of halogens is 10. The highest BCUT2D eigenvalue weighted by atomic mass is 32.1. The van der Waals surface area contributed by atoms with Crippen LogP contribution in [0.3, 0.4) is 0 Å². The highest BCUT2D eigenvalue weighted by Crippen LogP contribution is 2.49. The Morgan fingerprint density at radius 3 is 0.766 bits per heavy atom. The molecule has 6 unspecified atom stereocenters. The normalized spacial score (nSPS) is 14.1. The number of aromatic nitrogens is 14. The molecule has 0 N–H and O–H groups in total. The summed E-state index contributed by atoms with van der Waals surface area (Å²) in [6.45, 7) is 40.1. The fourth-order valence-corrected chi connectivity index (χ4v) is 21.3. The minimum Gasteiger partial charge on any atom is -0.264 e. The molecule has 14 aromatic rings. The first-order valence-electron chi connectivity index (χ1n) is 40.6. The van der Waals surface area contributed by atoms with Gasteiger partial charge in [0.05, 0.1) is 76.5 Å². The summed E-state index contributed by atoms with van der Waals surface area (Å²) in [5.74, 6) is 0.670. The highest BCUT2D eigenvalue weighted by molar-refractivity contribution is 7.17. The SMILES string of the molecule is Cc1nc(-c2cccnc2)sc1C(C)C(C)C.Cc1nc(-c2cccnc2)sc1C(C)C(F)(F)F.Cc1nc(-c2cccnc2)sc1C(C)C1CC1.Cc1nc(-c2cncc(F)c2)sc1C(C)(C)C.Cc1nc(-c2cncc(F)c2)sc1C(C)C(C)C.Cc1nc(-c2cncc(F)c2)sc1C(C)C(F)(F)F.Cc1nc(-c2cncc(F)c2)sc1C(C)C1CC1. The zero-order valence-electron chi connectivity index (χ0n) is 72.9. The van der Waals surface area contributed by atoms with Gasteiger partial charge in [0, 0.05) is 135 Å². The molecule has 2 aliphatic carbocycles. The summed E-state index contributed by atoms with van der Waals surface area (Å²) >= 11 is 10.6. The van der Waals surface area contributed by atoms with Gasteiger partial charge in [0.15, 0.2) is 0 Å². The summed E-state index contributed by atoms with van der Waals surface area (Å²) in [6, 6.07) is 17.2.